The molecule has 0 aromatic carbocycles. The topological polar surface area (TPSA) is 34.1 Å². The zero-order chi connectivity index (χ0) is 11.4. The molecule has 0 atom stereocenters. The Balaban J connectivity index is 2.05. The second-order valence-electron chi connectivity index (χ2n) is 3.39. The van der Waals surface area contributed by atoms with Gasteiger partial charge in [0.2, 0.25) is 0 Å². The summed E-state index contributed by atoms with van der Waals surface area (Å²) in [5, 5.41) is 8.38. The maximum Gasteiger partial charge on any atom is 0.183 e. The van der Waals surface area contributed by atoms with E-state index in [1.54, 1.807) is 29.8 Å². The Labute approximate surface area is 103 Å². The van der Waals surface area contributed by atoms with Crippen molar-refractivity contribution in [1.29, 1.82) is 0 Å². The van der Waals surface area contributed by atoms with Crippen molar-refractivity contribution >= 4 is 27.8 Å². The van der Waals surface area contributed by atoms with E-state index in [1.807, 2.05) is 0 Å². The highest BCUT2D eigenvalue weighted by Gasteiger charge is 2.07. The standard InChI is InChI=1S/C11H14N2OS2/c1-8-3-6-15-10(8)9-7-16-11(13-9)12-4-5-14-2/h3,6-7H,4-5H2,1-2H3,(H,12,13). The third kappa shape index (κ3) is 2.61. The molecule has 2 heterocycles. The second-order valence-corrected chi connectivity index (χ2v) is 5.16. The van der Waals surface area contributed by atoms with E-state index >= 15 is 0 Å². The summed E-state index contributed by atoms with van der Waals surface area (Å²) in [6.07, 6.45) is 0. The predicted octanol–water partition coefficient (Wildman–Crippen LogP) is 3.24. The Kier molecular flexibility index (Phi) is 3.93. The van der Waals surface area contributed by atoms with Gasteiger partial charge in [-0.2, -0.15) is 0 Å². The fourth-order valence-electron chi connectivity index (χ4n) is 1.35. The lowest BCUT2D eigenvalue weighted by Gasteiger charge is -1.99. The number of nitrogens with zero attached hydrogens (tertiary/aromatic N) is 1. The van der Waals surface area contributed by atoms with Crippen molar-refractivity contribution in [1.82, 2.24) is 4.98 Å². The van der Waals surface area contributed by atoms with Gasteiger partial charge in [-0.3, -0.25) is 0 Å². The first-order valence-corrected chi connectivity index (χ1v) is 6.80. The average Bonchev–Trinajstić information content (AvgIpc) is 2.87. The van der Waals surface area contributed by atoms with Gasteiger partial charge in [0.1, 0.15) is 0 Å². The van der Waals surface area contributed by atoms with E-state index in [2.05, 4.69) is 34.1 Å². The third-order valence-corrected chi connectivity index (χ3v) is 4.02. The van der Waals surface area contributed by atoms with E-state index in [4.69, 9.17) is 4.74 Å². The number of rotatable bonds is 5. The van der Waals surface area contributed by atoms with Gasteiger partial charge < -0.3 is 10.1 Å². The Morgan fingerprint density at radius 3 is 3.00 bits per heavy atom. The number of hydrogen-bond acceptors (Lipinski definition) is 5. The van der Waals surface area contributed by atoms with E-state index in [0.717, 1.165) is 17.4 Å². The van der Waals surface area contributed by atoms with E-state index in [0.29, 0.717) is 6.61 Å². The predicted molar refractivity (Wildman–Crippen MR) is 70.5 cm³/mol. The third-order valence-electron chi connectivity index (χ3n) is 2.18. The van der Waals surface area contributed by atoms with Gasteiger partial charge in [-0.15, -0.1) is 22.7 Å². The van der Waals surface area contributed by atoms with Crippen LogP contribution in [0.5, 0.6) is 0 Å². The first kappa shape index (κ1) is 11.6. The summed E-state index contributed by atoms with van der Waals surface area (Å²) in [7, 11) is 1.70. The maximum absolute atomic E-state index is 4.98. The number of methoxy groups -OCH3 is 1. The molecule has 0 aliphatic heterocycles. The van der Waals surface area contributed by atoms with Crippen LogP contribution in [-0.4, -0.2) is 25.2 Å². The largest absolute Gasteiger partial charge is 0.383 e. The number of anilines is 1. The molecule has 0 bridgehead atoms. The Morgan fingerprint density at radius 1 is 1.44 bits per heavy atom. The molecule has 3 nitrogen and oxygen atoms in total. The highest BCUT2D eigenvalue weighted by atomic mass is 32.1. The van der Waals surface area contributed by atoms with Crippen LogP contribution in [0.1, 0.15) is 5.56 Å². The van der Waals surface area contributed by atoms with Crippen LogP contribution in [0.3, 0.4) is 0 Å². The zero-order valence-corrected chi connectivity index (χ0v) is 11.0. The van der Waals surface area contributed by atoms with Crippen molar-refractivity contribution in [2.75, 3.05) is 25.6 Å². The number of aromatic nitrogens is 1. The van der Waals surface area contributed by atoms with Crippen LogP contribution in [0.4, 0.5) is 5.13 Å². The summed E-state index contributed by atoms with van der Waals surface area (Å²) in [5.41, 5.74) is 2.36. The van der Waals surface area contributed by atoms with Crippen molar-refractivity contribution in [3.63, 3.8) is 0 Å². The normalized spacial score (nSPS) is 10.6. The van der Waals surface area contributed by atoms with Crippen molar-refractivity contribution in [3.8, 4) is 10.6 Å². The molecular weight excluding hydrogens is 240 g/mol. The van der Waals surface area contributed by atoms with Crippen molar-refractivity contribution in [2.45, 2.75) is 6.92 Å². The Morgan fingerprint density at radius 2 is 2.31 bits per heavy atom. The summed E-state index contributed by atoms with van der Waals surface area (Å²) < 4.78 is 4.98. The number of nitrogens with one attached hydrogen (secondary N) is 1. The van der Waals surface area contributed by atoms with Crippen molar-refractivity contribution < 1.29 is 4.74 Å². The molecule has 0 aliphatic carbocycles. The highest BCUT2D eigenvalue weighted by Crippen LogP contribution is 2.31. The van der Waals surface area contributed by atoms with Gasteiger partial charge in [0.05, 0.1) is 17.2 Å². The number of ether oxygens (including phenoxy) is 1. The van der Waals surface area contributed by atoms with Crippen molar-refractivity contribution in [2.24, 2.45) is 0 Å². The van der Waals surface area contributed by atoms with Gasteiger partial charge in [-0.05, 0) is 23.9 Å². The van der Waals surface area contributed by atoms with Gasteiger partial charge in [0.15, 0.2) is 5.13 Å². The molecule has 0 amide bonds. The minimum atomic E-state index is 0.701. The summed E-state index contributed by atoms with van der Waals surface area (Å²) in [4.78, 5) is 5.81. The summed E-state index contributed by atoms with van der Waals surface area (Å²) in [6, 6.07) is 2.12. The highest BCUT2D eigenvalue weighted by molar-refractivity contribution is 7.16. The second kappa shape index (κ2) is 5.43. The van der Waals surface area contributed by atoms with Crippen LogP contribution in [0.2, 0.25) is 0 Å². The van der Waals surface area contributed by atoms with Crippen LogP contribution in [0.25, 0.3) is 10.6 Å². The first-order chi connectivity index (χ1) is 7.81. The van der Waals surface area contributed by atoms with Gasteiger partial charge >= 0.3 is 0 Å². The lowest BCUT2D eigenvalue weighted by Crippen LogP contribution is -2.06. The molecule has 2 rings (SSSR count). The van der Waals surface area contributed by atoms with E-state index < -0.39 is 0 Å². The molecule has 2 aromatic rings. The Hall–Kier alpha value is -0.910. The number of aryl methyl sites for hydroxylation is 1. The SMILES string of the molecule is COCCNc1nc(-c2sccc2C)cs1. The molecule has 0 saturated carbocycles. The fourth-order valence-corrected chi connectivity index (χ4v) is 3.05. The van der Waals surface area contributed by atoms with Gasteiger partial charge in [0.25, 0.3) is 0 Å². The minimum absolute atomic E-state index is 0.701. The van der Waals surface area contributed by atoms with Gasteiger partial charge in [0, 0.05) is 19.0 Å². The molecule has 0 radical (unpaired) electrons. The van der Waals surface area contributed by atoms with E-state index in [1.165, 1.54) is 10.4 Å². The number of thiazole rings is 1. The number of hydrogen-bond donors (Lipinski definition) is 1. The molecule has 0 saturated heterocycles. The van der Waals surface area contributed by atoms with Gasteiger partial charge in [-0.25, -0.2) is 4.98 Å². The molecular formula is C11H14N2OS2. The number of thiophene rings is 1. The molecule has 5 heteroatoms. The molecule has 1 N–H and O–H groups in total. The quantitative estimate of drug-likeness (QED) is 0.832. The fraction of sp³-hybridized carbons (Fsp3) is 0.364. The van der Waals surface area contributed by atoms with E-state index in [9.17, 15) is 0 Å². The summed E-state index contributed by atoms with van der Waals surface area (Å²) in [6.45, 7) is 3.61. The Bertz CT molecular complexity index is 450. The van der Waals surface area contributed by atoms with E-state index in [-0.39, 0.29) is 0 Å². The maximum atomic E-state index is 4.98. The van der Waals surface area contributed by atoms with Crippen LogP contribution in [0.15, 0.2) is 16.8 Å². The lowest BCUT2D eigenvalue weighted by atomic mass is 10.2. The van der Waals surface area contributed by atoms with Crippen LogP contribution < -0.4 is 5.32 Å². The van der Waals surface area contributed by atoms with Gasteiger partial charge in [-0.1, -0.05) is 0 Å². The monoisotopic (exact) mass is 254 g/mol. The molecule has 0 aliphatic rings. The van der Waals surface area contributed by atoms with Crippen molar-refractivity contribution in [3.05, 3.63) is 22.4 Å². The molecule has 16 heavy (non-hydrogen) atoms. The molecule has 0 spiro atoms. The smallest absolute Gasteiger partial charge is 0.183 e. The first-order valence-electron chi connectivity index (χ1n) is 5.04. The zero-order valence-electron chi connectivity index (χ0n) is 9.32. The lowest BCUT2D eigenvalue weighted by molar-refractivity contribution is 0.211. The van der Waals surface area contributed by atoms with Crippen LogP contribution in [0, 0.1) is 6.92 Å². The summed E-state index contributed by atoms with van der Waals surface area (Å²) in [5.74, 6) is 0. The summed E-state index contributed by atoms with van der Waals surface area (Å²) >= 11 is 3.37. The molecule has 0 fully saturated rings. The minimum Gasteiger partial charge on any atom is -0.383 e. The van der Waals surface area contributed by atoms with Crippen LogP contribution >= 0.6 is 22.7 Å². The average molecular weight is 254 g/mol. The van der Waals surface area contributed by atoms with Crippen LogP contribution in [-0.2, 0) is 4.74 Å². The molecule has 86 valence electrons. The molecule has 0 unspecified atom stereocenters. The molecule has 2 aromatic heterocycles.